The van der Waals surface area contributed by atoms with Gasteiger partial charge in [-0.1, -0.05) is 48.0 Å². The first-order valence-corrected chi connectivity index (χ1v) is 7.27. The average Bonchev–Trinajstić information content (AvgIpc) is 2.77. The van der Waals surface area contributed by atoms with Crippen molar-refractivity contribution in [2.24, 2.45) is 0 Å². The Bertz CT molecular complexity index is 838. The molecule has 3 rings (SSSR count). The van der Waals surface area contributed by atoms with Crippen LogP contribution < -0.4 is 5.56 Å². The summed E-state index contributed by atoms with van der Waals surface area (Å²) in [5.74, 6) is -0.571. The van der Waals surface area contributed by atoms with Crippen LogP contribution in [0.2, 0.25) is 5.02 Å². The highest BCUT2D eigenvalue weighted by Crippen LogP contribution is 2.27. The molecule has 21 heavy (non-hydrogen) atoms. The zero-order valence-electron chi connectivity index (χ0n) is 10.6. The fourth-order valence-electron chi connectivity index (χ4n) is 2.07. The highest BCUT2D eigenvalue weighted by molar-refractivity contribution is 9.10. The molecule has 0 saturated heterocycles. The van der Waals surface area contributed by atoms with Gasteiger partial charge < -0.3 is 0 Å². The van der Waals surface area contributed by atoms with Crippen molar-refractivity contribution in [2.45, 2.75) is 0 Å². The highest BCUT2D eigenvalue weighted by atomic mass is 79.9. The topological polar surface area (TPSA) is 37.8 Å². The normalized spacial score (nSPS) is 10.8. The number of nitrogens with zero attached hydrogens (tertiary/aromatic N) is 1. The second-order valence-corrected chi connectivity index (χ2v) is 5.58. The van der Waals surface area contributed by atoms with Gasteiger partial charge in [0.2, 0.25) is 0 Å². The van der Waals surface area contributed by atoms with E-state index in [1.54, 1.807) is 0 Å². The van der Waals surface area contributed by atoms with E-state index < -0.39 is 11.4 Å². The molecule has 0 atom stereocenters. The summed E-state index contributed by atoms with van der Waals surface area (Å²) < 4.78 is 15.4. The van der Waals surface area contributed by atoms with Crippen molar-refractivity contribution in [1.82, 2.24) is 9.78 Å². The van der Waals surface area contributed by atoms with Gasteiger partial charge in [-0.25, -0.2) is 9.07 Å². The van der Waals surface area contributed by atoms with Crippen molar-refractivity contribution >= 4 is 27.5 Å². The van der Waals surface area contributed by atoms with Gasteiger partial charge in [-0.2, -0.15) is 0 Å². The van der Waals surface area contributed by atoms with Crippen LogP contribution in [0.4, 0.5) is 4.39 Å². The van der Waals surface area contributed by atoms with Gasteiger partial charge >= 0.3 is 0 Å². The van der Waals surface area contributed by atoms with Crippen LogP contribution in [0.15, 0.2) is 57.8 Å². The summed E-state index contributed by atoms with van der Waals surface area (Å²) in [6.07, 6.45) is 0. The maximum absolute atomic E-state index is 14.0. The second-order valence-electron chi connectivity index (χ2n) is 4.38. The van der Waals surface area contributed by atoms with Crippen LogP contribution in [-0.2, 0) is 0 Å². The third-order valence-corrected chi connectivity index (χ3v) is 4.10. The van der Waals surface area contributed by atoms with Crippen LogP contribution in [0.1, 0.15) is 0 Å². The molecule has 0 bridgehead atoms. The quantitative estimate of drug-likeness (QED) is 0.717. The summed E-state index contributed by atoms with van der Waals surface area (Å²) >= 11 is 9.26. The molecule has 0 saturated carbocycles. The lowest BCUT2D eigenvalue weighted by molar-refractivity contribution is 0.608. The van der Waals surface area contributed by atoms with E-state index >= 15 is 0 Å². The van der Waals surface area contributed by atoms with Gasteiger partial charge in [-0.05, 0) is 28.1 Å². The Morgan fingerprint density at radius 1 is 1.10 bits per heavy atom. The third kappa shape index (κ3) is 2.43. The van der Waals surface area contributed by atoms with Gasteiger partial charge in [-0.15, -0.1) is 0 Å². The first-order valence-electron chi connectivity index (χ1n) is 6.10. The van der Waals surface area contributed by atoms with E-state index in [1.165, 1.54) is 18.2 Å². The summed E-state index contributed by atoms with van der Waals surface area (Å²) in [4.78, 5) is 12.3. The monoisotopic (exact) mass is 366 g/mol. The molecule has 1 aromatic heterocycles. The first-order chi connectivity index (χ1) is 10.1. The Morgan fingerprint density at radius 3 is 2.48 bits per heavy atom. The molecule has 0 spiro atoms. The zero-order valence-corrected chi connectivity index (χ0v) is 13.0. The van der Waals surface area contributed by atoms with Crippen LogP contribution in [0.25, 0.3) is 16.9 Å². The molecule has 1 N–H and O–H groups in total. The lowest BCUT2D eigenvalue weighted by Crippen LogP contribution is -2.16. The molecular formula is C15H9BrClFN2O. The number of para-hydroxylation sites is 1. The largest absolute Gasteiger partial charge is 0.289 e. The van der Waals surface area contributed by atoms with Crippen molar-refractivity contribution in [3.63, 3.8) is 0 Å². The molecule has 1 heterocycles. The molecular weight excluding hydrogens is 359 g/mol. The lowest BCUT2D eigenvalue weighted by Gasteiger charge is -2.05. The van der Waals surface area contributed by atoms with Crippen molar-refractivity contribution in [3.8, 4) is 16.9 Å². The minimum absolute atomic E-state index is 0.00653. The number of H-pyrrole nitrogens is 1. The van der Waals surface area contributed by atoms with Gasteiger partial charge in [0.15, 0.2) is 0 Å². The standard InChI is InChI=1S/C15H9BrClFN2O/c16-12-13(9-5-2-1-3-6-9)19-20(15(12)21)14-10(17)7-4-8-11(14)18/h1-8,19H. The third-order valence-electron chi connectivity index (χ3n) is 3.06. The zero-order chi connectivity index (χ0) is 15.0. The van der Waals surface area contributed by atoms with E-state index in [1.807, 2.05) is 30.3 Å². The molecule has 0 amide bonds. The maximum atomic E-state index is 14.0. The van der Waals surface area contributed by atoms with E-state index in [9.17, 15) is 9.18 Å². The SMILES string of the molecule is O=c1c(Br)c(-c2ccccc2)[nH]n1-c1c(F)cccc1Cl. The number of rotatable bonds is 2. The predicted molar refractivity (Wildman–Crippen MR) is 84.5 cm³/mol. The highest BCUT2D eigenvalue weighted by Gasteiger charge is 2.18. The molecule has 0 aliphatic carbocycles. The van der Waals surface area contributed by atoms with E-state index in [2.05, 4.69) is 21.0 Å². The Balaban J connectivity index is 2.26. The van der Waals surface area contributed by atoms with E-state index in [0.717, 1.165) is 10.2 Å². The average molecular weight is 368 g/mol. The molecule has 0 radical (unpaired) electrons. The van der Waals surface area contributed by atoms with Crippen molar-refractivity contribution in [1.29, 1.82) is 0 Å². The molecule has 6 heteroatoms. The number of aromatic nitrogens is 2. The van der Waals surface area contributed by atoms with Gasteiger partial charge in [0.25, 0.3) is 5.56 Å². The molecule has 3 aromatic rings. The Morgan fingerprint density at radius 2 is 1.81 bits per heavy atom. The minimum Gasteiger partial charge on any atom is -0.289 e. The molecule has 0 aliphatic heterocycles. The van der Waals surface area contributed by atoms with Crippen LogP contribution in [0, 0.1) is 5.82 Å². The Kier molecular flexibility index (Phi) is 3.69. The van der Waals surface area contributed by atoms with E-state index in [0.29, 0.717) is 10.2 Å². The summed E-state index contributed by atoms with van der Waals surface area (Å²) in [5.41, 5.74) is 0.987. The number of benzene rings is 2. The number of halogens is 3. The van der Waals surface area contributed by atoms with Gasteiger partial charge in [0, 0.05) is 5.56 Å². The molecule has 0 unspecified atom stereocenters. The fraction of sp³-hybridized carbons (Fsp3) is 0. The van der Waals surface area contributed by atoms with Crippen LogP contribution in [0.5, 0.6) is 0 Å². The van der Waals surface area contributed by atoms with Gasteiger partial charge in [0.05, 0.1) is 10.7 Å². The molecule has 3 nitrogen and oxygen atoms in total. The van der Waals surface area contributed by atoms with Crippen molar-refractivity contribution < 1.29 is 4.39 Å². The van der Waals surface area contributed by atoms with Crippen LogP contribution in [-0.4, -0.2) is 9.78 Å². The lowest BCUT2D eigenvalue weighted by atomic mass is 10.2. The fourth-order valence-corrected chi connectivity index (χ4v) is 2.82. The molecule has 0 fully saturated rings. The number of aromatic amines is 1. The molecule has 0 aliphatic rings. The minimum atomic E-state index is -0.571. The van der Waals surface area contributed by atoms with Crippen LogP contribution in [0.3, 0.4) is 0 Å². The summed E-state index contributed by atoms with van der Waals surface area (Å²) in [7, 11) is 0. The van der Waals surface area contributed by atoms with E-state index in [4.69, 9.17) is 11.6 Å². The number of nitrogens with one attached hydrogen (secondary N) is 1. The smallest absolute Gasteiger partial charge is 0.286 e. The summed E-state index contributed by atoms with van der Waals surface area (Å²) in [5, 5.41) is 3.05. The van der Waals surface area contributed by atoms with Gasteiger partial charge in [-0.3, -0.25) is 9.89 Å². The number of hydrogen-bond donors (Lipinski definition) is 1. The Hall–Kier alpha value is -1.85. The predicted octanol–water partition coefficient (Wildman–Crippen LogP) is 4.39. The molecule has 106 valence electrons. The molecule has 2 aromatic carbocycles. The number of hydrogen-bond acceptors (Lipinski definition) is 1. The second kappa shape index (κ2) is 5.50. The van der Waals surface area contributed by atoms with Crippen molar-refractivity contribution in [2.75, 3.05) is 0 Å². The van der Waals surface area contributed by atoms with Crippen LogP contribution >= 0.6 is 27.5 Å². The van der Waals surface area contributed by atoms with E-state index in [-0.39, 0.29) is 10.7 Å². The van der Waals surface area contributed by atoms with Gasteiger partial charge in [0.1, 0.15) is 16.0 Å². The summed E-state index contributed by atoms with van der Waals surface area (Å²) in [6.45, 7) is 0. The maximum Gasteiger partial charge on any atom is 0.286 e. The summed E-state index contributed by atoms with van der Waals surface area (Å²) in [6, 6.07) is 13.6. The first kappa shape index (κ1) is 14.1. The Labute approximate surface area is 133 Å². The van der Waals surface area contributed by atoms with Crippen molar-refractivity contribution in [3.05, 3.63) is 74.2 Å².